The fraction of sp³-hybridized carbons (Fsp3) is 0.381. The summed E-state index contributed by atoms with van der Waals surface area (Å²) in [7, 11) is 0. The van der Waals surface area contributed by atoms with Gasteiger partial charge in [0.15, 0.2) is 4.34 Å². The van der Waals surface area contributed by atoms with Crippen molar-refractivity contribution in [2.75, 3.05) is 18.4 Å². The predicted octanol–water partition coefficient (Wildman–Crippen LogP) is 5.22. The third-order valence-electron chi connectivity index (χ3n) is 4.94. The number of likely N-dealkylation sites (tertiary alicyclic amines) is 1. The van der Waals surface area contributed by atoms with Crippen LogP contribution in [0.3, 0.4) is 0 Å². The van der Waals surface area contributed by atoms with Crippen LogP contribution in [0.1, 0.15) is 29.2 Å². The van der Waals surface area contributed by atoms with E-state index in [1.54, 1.807) is 34.4 Å². The van der Waals surface area contributed by atoms with Crippen molar-refractivity contribution in [1.29, 1.82) is 0 Å². The standard InChI is InChI=1S/C21H24N4OS3/c1-14-12-28-21(22-14)29-19-5-3-17(4-6-19)24-20(26)16-7-9-25(10-8-16)11-18-13-27-15(2)23-18/h3-6,12-13,16H,7-11H2,1-2H3,(H,24,26). The van der Waals surface area contributed by atoms with Gasteiger partial charge in [0.25, 0.3) is 0 Å². The summed E-state index contributed by atoms with van der Waals surface area (Å²) in [6, 6.07) is 8.02. The molecule has 1 fully saturated rings. The molecule has 0 spiro atoms. The van der Waals surface area contributed by atoms with E-state index < -0.39 is 0 Å². The van der Waals surface area contributed by atoms with Gasteiger partial charge in [-0.15, -0.1) is 22.7 Å². The number of carbonyl (C=O) groups is 1. The minimum Gasteiger partial charge on any atom is -0.326 e. The molecule has 0 radical (unpaired) electrons. The Morgan fingerprint density at radius 2 is 1.90 bits per heavy atom. The van der Waals surface area contributed by atoms with Gasteiger partial charge in [0.05, 0.1) is 10.7 Å². The van der Waals surface area contributed by atoms with E-state index in [0.717, 1.165) is 63.8 Å². The number of amides is 1. The average Bonchev–Trinajstić information content (AvgIpc) is 3.31. The number of nitrogens with zero attached hydrogens (tertiary/aromatic N) is 3. The number of benzene rings is 1. The minimum absolute atomic E-state index is 0.0794. The fourth-order valence-electron chi connectivity index (χ4n) is 3.39. The van der Waals surface area contributed by atoms with Crippen LogP contribution in [0.15, 0.2) is 44.3 Å². The maximum atomic E-state index is 12.7. The van der Waals surface area contributed by atoms with Crippen LogP contribution in [-0.4, -0.2) is 33.9 Å². The molecule has 3 aromatic rings. The molecule has 0 saturated carbocycles. The first-order valence-electron chi connectivity index (χ1n) is 9.69. The van der Waals surface area contributed by atoms with E-state index >= 15 is 0 Å². The van der Waals surface area contributed by atoms with Gasteiger partial charge in [-0.1, -0.05) is 11.8 Å². The summed E-state index contributed by atoms with van der Waals surface area (Å²) >= 11 is 5.00. The van der Waals surface area contributed by atoms with E-state index in [9.17, 15) is 4.79 Å². The first-order valence-corrected chi connectivity index (χ1v) is 12.3. The maximum Gasteiger partial charge on any atom is 0.227 e. The molecule has 1 aromatic carbocycles. The molecular weight excluding hydrogens is 420 g/mol. The van der Waals surface area contributed by atoms with Gasteiger partial charge in [-0.05, 0) is 64.0 Å². The molecule has 1 amide bonds. The van der Waals surface area contributed by atoms with E-state index in [4.69, 9.17) is 0 Å². The molecule has 1 saturated heterocycles. The van der Waals surface area contributed by atoms with Crippen molar-refractivity contribution in [2.45, 2.75) is 42.5 Å². The summed E-state index contributed by atoms with van der Waals surface area (Å²) < 4.78 is 1.04. The minimum atomic E-state index is 0.0794. The van der Waals surface area contributed by atoms with Crippen molar-refractivity contribution in [3.05, 3.63) is 51.4 Å². The molecule has 4 rings (SSSR count). The van der Waals surface area contributed by atoms with Crippen LogP contribution < -0.4 is 5.32 Å². The summed E-state index contributed by atoms with van der Waals surface area (Å²) in [5, 5.41) is 8.38. The zero-order valence-corrected chi connectivity index (χ0v) is 19.0. The van der Waals surface area contributed by atoms with Crippen LogP contribution >= 0.6 is 34.4 Å². The molecule has 5 nitrogen and oxygen atoms in total. The molecular formula is C21H24N4OS3. The lowest BCUT2D eigenvalue weighted by molar-refractivity contribution is -0.121. The highest BCUT2D eigenvalue weighted by atomic mass is 32.2. The number of piperidine rings is 1. The number of aromatic nitrogens is 2. The van der Waals surface area contributed by atoms with Gasteiger partial charge in [0, 0.05) is 39.5 Å². The Morgan fingerprint density at radius 1 is 1.14 bits per heavy atom. The van der Waals surface area contributed by atoms with Crippen molar-refractivity contribution in [2.24, 2.45) is 5.92 Å². The Morgan fingerprint density at radius 3 is 2.52 bits per heavy atom. The molecule has 8 heteroatoms. The molecule has 0 atom stereocenters. The highest BCUT2D eigenvalue weighted by Crippen LogP contribution is 2.31. The molecule has 1 aliphatic rings. The Balaban J connectivity index is 1.25. The van der Waals surface area contributed by atoms with Gasteiger partial charge in [-0.2, -0.15) is 0 Å². The zero-order valence-electron chi connectivity index (χ0n) is 16.6. The first-order chi connectivity index (χ1) is 14.0. The lowest BCUT2D eigenvalue weighted by Gasteiger charge is -2.30. The number of rotatable bonds is 6. The van der Waals surface area contributed by atoms with Crippen molar-refractivity contribution in [3.8, 4) is 0 Å². The molecule has 1 aliphatic heterocycles. The molecule has 0 aliphatic carbocycles. The quantitative estimate of drug-likeness (QED) is 0.565. The lowest BCUT2D eigenvalue weighted by atomic mass is 9.95. The second kappa shape index (κ2) is 9.38. The van der Waals surface area contributed by atoms with Gasteiger partial charge >= 0.3 is 0 Å². The first kappa shape index (κ1) is 20.5. The molecule has 1 N–H and O–H groups in total. The Labute approximate surface area is 183 Å². The maximum absolute atomic E-state index is 12.7. The third kappa shape index (κ3) is 5.66. The van der Waals surface area contributed by atoms with Crippen molar-refractivity contribution < 1.29 is 4.79 Å². The zero-order chi connectivity index (χ0) is 20.2. The monoisotopic (exact) mass is 444 g/mol. The van der Waals surface area contributed by atoms with E-state index in [1.807, 2.05) is 38.1 Å². The molecule has 0 unspecified atom stereocenters. The van der Waals surface area contributed by atoms with Crippen molar-refractivity contribution in [3.63, 3.8) is 0 Å². The molecule has 0 bridgehead atoms. The summed E-state index contributed by atoms with van der Waals surface area (Å²) in [4.78, 5) is 25.2. The number of aryl methyl sites for hydroxylation is 2. The summed E-state index contributed by atoms with van der Waals surface area (Å²) in [6.07, 6.45) is 1.79. The lowest BCUT2D eigenvalue weighted by Crippen LogP contribution is -2.37. The third-order valence-corrected chi connectivity index (χ3v) is 7.82. The largest absolute Gasteiger partial charge is 0.326 e. The SMILES string of the molecule is Cc1csc(Sc2ccc(NC(=O)C3CCN(Cc4csc(C)n4)CC3)cc2)n1. The number of hydrogen-bond acceptors (Lipinski definition) is 7. The van der Waals surface area contributed by atoms with Gasteiger partial charge < -0.3 is 5.32 Å². The number of hydrogen-bond donors (Lipinski definition) is 1. The summed E-state index contributed by atoms with van der Waals surface area (Å²) in [5.74, 6) is 0.209. The van der Waals surface area contributed by atoms with Crippen molar-refractivity contribution in [1.82, 2.24) is 14.9 Å². The van der Waals surface area contributed by atoms with Gasteiger partial charge in [-0.25, -0.2) is 9.97 Å². The second-order valence-corrected chi connectivity index (χ2v) is 10.5. The van der Waals surface area contributed by atoms with E-state index in [1.165, 1.54) is 0 Å². The van der Waals surface area contributed by atoms with Crippen LogP contribution in [-0.2, 0) is 11.3 Å². The van der Waals surface area contributed by atoms with Gasteiger partial charge in [0.1, 0.15) is 0 Å². The van der Waals surface area contributed by atoms with E-state index in [0.29, 0.717) is 0 Å². The van der Waals surface area contributed by atoms with Gasteiger partial charge in [0.2, 0.25) is 5.91 Å². The molecule has 2 aromatic heterocycles. The number of thiazole rings is 2. The van der Waals surface area contributed by atoms with Crippen LogP contribution in [0.25, 0.3) is 0 Å². The predicted molar refractivity (Wildman–Crippen MR) is 121 cm³/mol. The molecule has 3 heterocycles. The van der Waals surface area contributed by atoms with Crippen molar-refractivity contribution >= 4 is 46.0 Å². The summed E-state index contributed by atoms with van der Waals surface area (Å²) in [5.41, 5.74) is 3.05. The van der Waals surface area contributed by atoms with Crippen LogP contribution in [0.5, 0.6) is 0 Å². The molecule has 29 heavy (non-hydrogen) atoms. The Hall–Kier alpha value is -1.74. The van der Waals surface area contributed by atoms with Crippen LogP contribution in [0, 0.1) is 19.8 Å². The molecule has 152 valence electrons. The number of nitrogens with one attached hydrogen (secondary N) is 1. The number of anilines is 1. The van der Waals surface area contributed by atoms with Crippen LogP contribution in [0.4, 0.5) is 5.69 Å². The van der Waals surface area contributed by atoms with E-state index in [2.05, 4.69) is 30.9 Å². The number of carbonyl (C=O) groups excluding carboxylic acids is 1. The highest BCUT2D eigenvalue weighted by Gasteiger charge is 2.25. The smallest absolute Gasteiger partial charge is 0.227 e. The second-order valence-electron chi connectivity index (χ2n) is 7.28. The topological polar surface area (TPSA) is 58.1 Å². The normalized spacial score (nSPS) is 15.5. The summed E-state index contributed by atoms with van der Waals surface area (Å²) in [6.45, 7) is 6.81. The average molecular weight is 445 g/mol. The van der Waals surface area contributed by atoms with Gasteiger partial charge in [-0.3, -0.25) is 9.69 Å². The van der Waals surface area contributed by atoms with Crippen LogP contribution in [0.2, 0.25) is 0 Å². The fourth-order valence-corrected chi connectivity index (χ4v) is 5.81. The Kier molecular flexibility index (Phi) is 6.64. The Bertz CT molecular complexity index is 958. The highest BCUT2D eigenvalue weighted by molar-refractivity contribution is 8.01. The van der Waals surface area contributed by atoms with E-state index in [-0.39, 0.29) is 11.8 Å².